The highest BCUT2D eigenvalue weighted by Gasteiger charge is 2.16. The number of halogens is 1. The predicted molar refractivity (Wildman–Crippen MR) is 78.7 cm³/mol. The minimum absolute atomic E-state index is 0.167. The van der Waals surface area contributed by atoms with Crippen LogP contribution in [0, 0.1) is 0 Å². The maximum absolute atomic E-state index is 9.03. The van der Waals surface area contributed by atoms with Gasteiger partial charge in [0.2, 0.25) is 5.28 Å². The zero-order valence-corrected chi connectivity index (χ0v) is 11.9. The van der Waals surface area contributed by atoms with Crippen LogP contribution in [0.3, 0.4) is 0 Å². The van der Waals surface area contributed by atoms with Crippen molar-refractivity contribution in [2.45, 2.75) is 26.3 Å². The molecule has 0 aliphatic heterocycles. The van der Waals surface area contributed by atoms with Crippen LogP contribution < -0.4 is 4.90 Å². The van der Waals surface area contributed by atoms with E-state index in [2.05, 4.69) is 28.7 Å². The highest BCUT2D eigenvalue weighted by atomic mass is 35.5. The van der Waals surface area contributed by atoms with E-state index in [0.717, 1.165) is 23.3 Å². The monoisotopic (exact) mass is 279 g/mol. The van der Waals surface area contributed by atoms with Crippen molar-refractivity contribution in [3.8, 4) is 0 Å². The van der Waals surface area contributed by atoms with Crippen LogP contribution >= 0.6 is 11.6 Å². The molecule has 0 aliphatic rings. The summed E-state index contributed by atoms with van der Waals surface area (Å²) in [4.78, 5) is 10.8. The van der Waals surface area contributed by atoms with E-state index < -0.39 is 0 Å². The van der Waals surface area contributed by atoms with Crippen LogP contribution in [0.5, 0.6) is 0 Å². The Kier molecular flexibility index (Phi) is 4.56. The number of fused-ring (bicyclic) bond motifs is 1. The van der Waals surface area contributed by atoms with Crippen LogP contribution in [0.4, 0.5) is 5.82 Å². The van der Waals surface area contributed by atoms with Crippen LogP contribution in [0.2, 0.25) is 5.28 Å². The molecule has 5 heteroatoms. The van der Waals surface area contributed by atoms with E-state index in [1.807, 2.05) is 24.3 Å². The Morgan fingerprint density at radius 1 is 1.26 bits per heavy atom. The van der Waals surface area contributed by atoms with E-state index in [0.29, 0.717) is 6.42 Å². The summed E-state index contributed by atoms with van der Waals surface area (Å²) in [5.74, 6) is 0.832. The molecule has 0 aliphatic carbocycles. The number of aliphatic hydroxyl groups is 1. The first-order valence-electron chi connectivity index (χ1n) is 6.43. The van der Waals surface area contributed by atoms with Gasteiger partial charge in [-0.3, -0.25) is 0 Å². The lowest BCUT2D eigenvalue weighted by atomic mass is 10.2. The summed E-state index contributed by atoms with van der Waals surface area (Å²) in [6, 6.07) is 8.10. The molecule has 0 radical (unpaired) electrons. The average molecular weight is 280 g/mol. The van der Waals surface area contributed by atoms with Crippen LogP contribution in [-0.4, -0.2) is 34.3 Å². The minimum Gasteiger partial charge on any atom is -0.396 e. The number of para-hydroxylation sites is 1. The summed E-state index contributed by atoms with van der Waals surface area (Å²) in [5, 5.41) is 10.3. The lowest BCUT2D eigenvalue weighted by molar-refractivity contribution is 0.288. The molecule has 0 bridgehead atoms. The Morgan fingerprint density at radius 2 is 2.00 bits per heavy atom. The Hall–Kier alpha value is -1.39. The highest BCUT2D eigenvalue weighted by molar-refractivity contribution is 6.28. The van der Waals surface area contributed by atoms with E-state index in [4.69, 9.17) is 16.7 Å². The first-order valence-corrected chi connectivity index (χ1v) is 6.81. The van der Waals surface area contributed by atoms with E-state index >= 15 is 0 Å². The average Bonchev–Trinajstić information content (AvgIpc) is 2.38. The number of hydrogen-bond acceptors (Lipinski definition) is 4. The standard InChI is InChI=1S/C14H18ClN3O/c1-10(2)18(8-5-9-19)13-11-6-3-4-7-12(11)16-14(15)17-13/h3-4,6-7,10,19H,5,8-9H2,1-2H3. The second-order valence-corrected chi connectivity index (χ2v) is 5.04. The summed E-state index contributed by atoms with van der Waals surface area (Å²) in [7, 11) is 0. The largest absolute Gasteiger partial charge is 0.396 e. The molecule has 1 aromatic carbocycles. The molecule has 0 spiro atoms. The fourth-order valence-corrected chi connectivity index (χ4v) is 2.27. The first-order chi connectivity index (χ1) is 9.13. The molecule has 2 rings (SSSR count). The topological polar surface area (TPSA) is 49.2 Å². The number of aliphatic hydroxyl groups excluding tert-OH is 1. The van der Waals surface area contributed by atoms with Crippen LogP contribution in [0.1, 0.15) is 20.3 Å². The number of benzene rings is 1. The van der Waals surface area contributed by atoms with Gasteiger partial charge in [0.15, 0.2) is 0 Å². The molecule has 4 nitrogen and oxygen atoms in total. The van der Waals surface area contributed by atoms with Crippen LogP contribution in [-0.2, 0) is 0 Å². The SMILES string of the molecule is CC(C)N(CCCO)c1nc(Cl)nc2ccccc12. The van der Waals surface area contributed by atoms with Gasteiger partial charge in [-0.05, 0) is 44.0 Å². The third-order valence-electron chi connectivity index (χ3n) is 3.01. The summed E-state index contributed by atoms with van der Waals surface area (Å²) in [6.45, 7) is 5.11. The van der Waals surface area contributed by atoms with Gasteiger partial charge < -0.3 is 10.0 Å². The van der Waals surface area contributed by atoms with Crippen molar-refractivity contribution < 1.29 is 5.11 Å². The summed E-state index contributed by atoms with van der Waals surface area (Å²) in [5.41, 5.74) is 0.840. The quantitative estimate of drug-likeness (QED) is 0.855. The molecule has 0 atom stereocenters. The van der Waals surface area contributed by atoms with Crippen molar-refractivity contribution in [3.05, 3.63) is 29.5 Å². The number of rotatable bonds is 5. The Labute approximate surface area is 118 Å². The van der Waals surface area contributed by atoms with Crippen molar-refractivity contribution in [1.82, 2.24) is 9.97 Å². The predicted octanol–water partition coefficient (Wildman–Crippen LogP) is 2.88. The molecule has 1 N–H and O–H groups in total. The lowest BCUT2D eigenvalue weighted by Crippen LogP contribution is -2.33. The molecule has 0 unspecified atom stereocenters. The molecular formula is C14H18ClN3O. The third kappa shape index (κ3) is 3.14. The second-order valence-electron chi connectivity index (χ2n) is 4.70. The van der Waals surface area contributed by atoms with Crippen LogP contribution in [0.25, 0.3) is 10.9 Å². The normalized spacial score (nSPS) is 11.2. The highest BCUT2D eigenvalue weighted by Crippen LogP contribution is 2.26. The Bertz CT molecular complexity index is 559. The fraction of sp³-hybridized carbons (Fsp3) is 0.429. The fourth-order valence-electron chi connectivity index (χ4n) is 2.10. The van der Waals surface area contributed by atoms with Crippen molar-refractivity contribution in [2.24, 2.45) is 0 Å². The van der Waals surface area contributed by atoms with Crippen molar-refractivity contribution >= 4 is 28.3 Å². The molecule has 1 aromatic heterocycles. The Balaban J connectivity index is 2.51. The van der Waals surface area contributed by atoms with Gasteiger partial charge in [0.1, 0.15) is 5.82 Å². The molecule has 0 amide bonds. The zero-order valence-electron chi connectivity index (χ0n) is 11.2. The molecule has 1 heterocycles. The second kappa shape index (κ2) is 6.17. The zero-order chi connectivity index (χ0) is 13.8. The van der Waals surface area contributed by atoms with Gasteiger partial charge in [0.25, 0.3) is 0 Å². The molecule has 0 saturated heterocycles. The van der Waals surface area contributed by atoms with E-state index in [-0.39, 0.29) is 17.9 Å². The van der Waals surface area contributed by atoms with Crippen LogP contribution in [0.15, 0.2) is 24.3 Å². The van der Waals surface area contributed by atoms with Crippen molar-refractivity contribution in [3.63, 3.8) is 0 Å². The van der Waals surface area contributed by atoms with E-state index in [9.17, 15) is 0 Å². The van der Waals surface area contributed by atoms with Crippen molar-refractivity contribution in [2.75, 3.05) is 18.1 Å². The third-order valence-corrected chi connectivity index (χ3v) is 3.18. The van der Waals surface area contributed by atoms with Crippen molar-refractivity contribution in [1.29, 1.82) is 0 Å². The first kappa shape index (κ1) is 14.0. The lowest BCUT2D eigenvalue weighted by Gasteiger charge is -2.28. The molecule has 102 valence electrons. The molecule has 2 aromatic rings. The van der Waals surface area contributed by atoms with Gasteiger partial charge in [-0.15, -0.1) is 0 Å². The molecule has 0 saturated carbocycles. The number of hydrogen-bond donors (Lipinski definition) is 1. The number of nitrogens with zero attached hydrogens (tertiary/aromatic N) is 3. The summed E-state index contributed by atoms with van der Waals surface area (Å²) < 4.78 is 0. The summed E-state index contributed by atoms with van der Waals surface area (Å²) >= 11 is 6.01. The van der Waals surface area contributed by atoms with Gasteiger partial charge in [0, 0.05) is 24.6 Å². The van der Waals surface area contributed by atoms with Gasteiger partial charge >= 0.3 is 0 Å². The van der Waals surface area contributed by atoms with E-state index in [1.165, 1.54) is 0 Å². The maximum atomic E-state index is 9.03. The maximum Gasteiger partial charge on any atom is 0.224 e. The van der Waals surface area contributed by atoms with E-state index in [1.54, 1.807) is 0 Å². The minimum atomic E-state index is 0.167. The van der Waals surface area contributed by atoms with Gasteiger partial charge in [0.05, 0.1) is 5.52 Å². The van der Waals surface area contributed by atoms with Gasteiger partial charge in [-0.2, -0.15) is 4.98 Å². The summed E-state index contributed by atoms with van der Waals surface area (Å²) in [6.07, 6.45) is 0.703. The molecule has 0 fully saturated rings. The number of aromatic nitrogens is 2. The van der Waals surface area contributed by atoms with Gasteiger partial charge in [-0.1, -0.05) is 12.1 Å². The van der Waals surface area contributed by atoms with Gasteiger partial charge in [-0.25, -0.2) is 4.98 Å². The number of anilines is 1. The Morgan fingerprint density at radius 3 is 2.68 bits per heavy atom. The molecule has 19 heavy (non-hydrogen) atoms. The molecular weight excluding hydrogens is 262 g/mol. The smallest absolute Gasteiger partial charge is 0.224 e.